The average molecular weight is 495 g/mol. The first-order valence-corrected chi connectivity index (χ1v) is 12.3. The van der Waals surface area contributed by atoms with Crippen LogP contribution in [0.5, 0.6) is 11.8 Å². The van der Waals surface area contributed by atoms with Crippen LogP contribution in [0.1, 0.15) is 17.8 Å². The lowest BCUT2D eigenvalue weighted by Crippen LogP contribution is -2.22. The Labute approximate surface area is 203 Å². The van der Waals surface area contributed by atoms with Gasteiger partial charge in [-0.1, -0.05) is 0 Å². The van der Waals surface area contributed by atoms with Crippen LogP contribution < -0.4 is 10.1 Å². The molecule has 1 amide bonds. The minimum atomic E-state index is -3.55. The fourth-order valence-corrected chi connectivity index (χ4v) is 4.47. The molecule has 2 heterocycles. The second-order valence-corrected chi connectivity index (χ2v) is 10.3. The lowest BCUT2D eigenvalue weighted by molar-refractivity contribution is -0.116. The molecule has 0 fully saturated rings. The molecule has 0 aliphatic heterocycles. The predicted octanol–water partition coefficient (Wildman–Crippen LogP) is 3.29. The van der Waals surface area contributed by atoms with Crippen LogP contribution in [0.25, 0.3) is 11.0 Å². The number of benzene rings is 2. The van der Waals surface area contributed by atoms with Crippen molar-refractivity contribution in [2.45, 2.75) is 24.7 Å². The zero-order valence-electron chi connectivity index (χ0n) is 19.9. The third-order valence-electron chi connectivity index (χ3n) is 5.52. The lowest BCUT2D eigenvalue weighted by Gasteiger charge is -2.11. The standard InChI is InChI=1S/C24H26N6O4S/c1-16-14-17(34-24-25-12-5-13-26-24)6-8-19(16)28-23(31)11-10-22-27-20-15-18(35(32,33)29(2)3)7-9-21(20)30(22)4/h5-9,12-15H,10-11H2,1-4H3,(H,28,31). The topological polar surface area (TPSA) is 119 Å². The monoisotopic (exact) mass is 494 g/mol. The smallest absolute Gasteiger partial charge is 0.321 e. The van der Waals surface area contributed by atoms with Gasteiger partial charge in [0.15, 0.2) is 0 Å². The van der Waals surface area contributed by atoms with Crippen molar-refractivity contribution >= 4 is 32.7 Å². The third-order valence-corrected chi connectivity index (χ3v) is 7.33. The lowest BCUT2D eigenvalue weighted by atomic mass is 10.2. The summed E-state index contributed by atoms with van der Waals surface area (Å²) in [6.07, 6.45) is 3.81. The van der Waals surface area contributed by atoms with Crippen LogP contribution in [0, 0.1) is 6.92 Å². The fraction of sp³-hybridized carbons (Fsp3) is 0.250. The zero-order valence-corrected chi connectivity index (χ0v) is 20.7. The van der Waals surface area contributed by atoms with Gasteiger partial charge in [-0.2, -0.15) is 0 Å². The molecule has 0 saturated carbocycles. The third kappa shape index (κ3) is 5.31. The van der Waals surface area contributed by atoms with Crippen LogP contribution in [0.4, 0.5) is 5.69 Å². The average Bonchev–Trinajstić information content (AvgIpc) is 3.15. The number of fused-ring (bicyclic) bond motifs is 1. The van der Waals surface area contributed by atoms with Crippen LogP contribution in [0.15, 0.2) is 59.8 Å². The highest BCUT2D eigenvalue weighted by Gasteiger charge is 2.19. The van der Waals surface area contributed by atoms with Crippen LogP contribution in [-0.2, 0) is 28.3 Å². The minimum absolute atomic E-state index is 0.156. The van der Waals surface area contributed by atoms with Crippen molar-refractivity contribution in [3.05, 3.63) is 66.2 Å². The van der Waals surface area contributed by atoms with Gasteiger partial charge in [0.05, 0.1) is 15.9 Å². The van der Waals surface area contributed by atoms with Gasteiger partial charge in [-0.3, -0.25) is 4.79 Å². The van der Waals surface area contributed by atoms with E-state index < -0.39 is 10.0 Å². The van der Waals surface area contributed by atoms with Crippen LogP contribution in [0.2, 0.25) is 0 Å². The number of amides is 1. The molecule has 0 radical (unpaired) electrons. The molecule has 4 rings (SSSR count). The Balaban J connectivity index is 1.42. The summed E-state index contributed by atoms with van der Waals surface area (Å²) in [5, 5.41) is 2.92. The number of imidazole rings is 1. The molecule has 4 aromatic rings. The summed E-state index contributed by atoms with van der Waals surface area (Å²) in [6, 6.07) is 12.1. The normalized spacial score (nSPS) is 11.7. The van der Waals surface area contributed by atoms with Gasteiger partial charge >= 0.3 is 6.01 Å². The molecule has 11 heteroatoms. The number of anilines is 1. The van der Waals surface area contributed by atoms with E-state index in [-0.39, 0.29) is 23.2 Å². The molecular weight excluding hydrogens is 468 g/mol. The molecule has 35 heavy (non-hydrogen) atoms. The molecule has 2 aromatic heterocycles. The first kappa shape index (κ1) is 24.3. The molecular formula is C24H26N6O4S. The first-order chi connectivity index (χ1) is 16.6. The maximum Gasteiger partial charge on any atom is 0.321 e. The number of nitrogens with one attached hydrogen (secondary N) is 1. The van der Waals surface area contributed by atoms with Crippen LogP contribution >= 0.6 is 0 Å². The van der Waals surface area contributed by atoms with Gasteiger partial charge in [0.2, 0.25) is 15.9 Å². The number of sulfonamides is 1. The molecule has 0 bridgehead atoms. The van der Waals surface area contributed by atoms with Gasteiger partial charge in [0.1, 0.15) is 11.6 Å². The summed E-state index contributed by atoms with van der Waals surface area (Å²) in [4.78, 5) is 25.4. The van der Waals surface area contributed by atoms with Gasteiger partial charge in [0.25, 0.3) is 0 Å². The number of carbonyl (C=O) groups is 1. The van der Waals surface area contributed by atoms with Crippen molar-refractivity contribution in [2.24, 2.45) is 7.05 Å². The minimum Gasteiger partial charge on any atom is -0.424 e. The zero-order chi connectivity index (χ0) is 25.2. The molecule has 0 spiro atoms. The van der Waals surface area contributed by atoms with E-state index in [9.17, 15) is 13.2 Å². The van der Waals surface area contributed by atoms with E-state index in [4.69, 9.17) is 4.74 Å². The second-order valence-electron chi connectivity index (χ2n) is 8.18. The summed E-state index contributed by atoms with van der Waals surface area (Å²) in [5.74, 6) is 1.11. The van der Waals surface area contributed by atoms with E-state index >= 15 is 0 Å². The van der Waals surface area contributed by atoms with Crippen molar-refractivity contribution < 1.29 is 17.9 Å². The molecule has 0 aliphatic carbocycles. The van der Waals surface area contributed by atoms with Gasteiger partial charge in [-0.25, -0.2) is 27.7 Å². The highest BCUT2D eigenvalue weighted by Crippen LogP contribution is 2.25. The molecule has 1 N–H and O–H groups in total. The Hall–Kier alpha value is -3.83. The Bertz CT molecular complexity index is 1480. The summed E-state index contributed by atoms with van der Waals surface area (Å²) >= 11 is 0. The highest BCUT2D eigenvalue weighted by molar-refractivity contribution is 7.89. The number of hydrogen-bond acceptors (Lipinski definition) is 7. The van der Waals surface area contributed by atoms with Gasteiger partial charge in [-0.15, -0.1) is 0 Å². The predicted molar refractivity (Wildman–Crippen MR) is 132 cm³/mol. The van der Waals surface area contributed by atoms with E-state index in [1.807, 2.05) is 18.5 Å². The molecule has 0 saturated heterocycles. The summed E-state index contributed by atoms with van der Waals surface area (Å²) in [5.41, 5.74) is 2.88. The summed E-state index contributed by atoms with van der Waals surface area (Å²) in [6.45, 7) is 1.87. The number of carbonyl (C=O) groups excluding carboxylic acids is 1. The number of nitrogens with zero attached hydrogens (tertiary/aromatic N) is 5. The molecule has 0 aliphatic rings. The van der Waals surface area contributed by atoms with E-state index in [0.717, 1.165) is 11.1 Å². The number of hydrogen-bond donors (Lipinski definition) is 1. The number of aryl methyl sites for hydroxylation is 3. The van der Waals surface area contributed by atoms with Crippen molar-refractivity contribution in [1.82, 2.24) is 23.8 Å². The molecule has 10 nitrogen and oxygen atoms in total. The van der Waals surface area contributed by atoms with E-state index in [0.29, 0.717) is 29.2 Å². The summed E-state index contributed by atoms with van der Waals surface area (Å²) < 4.78 is 33.5. The molecule has 0 unspecified atom stereocenters. The van der Waals surface area contributed by atoms with E-state index in [1.54, 1.807) is 54.9 Å². The van der Waals surface area contributed by atoms with Crippen molar-refractivity contribution in [3.8, 4) is 11.8 Å². The fourth-order valence-electron chi connectivity index (χ4n) is 3.55. The Kier molecular flexibility index (Phi) is 6.81. The van der Waals surface area contributed by atoms with Crippen molar-refractivity contribution in [2.75, 3.05) is 19.4 Å². The van der Waals surface area contributed by atoms with Crippen molar-refractivity contribution in [3.63, 3.8) is 0 Å². The summed E-state index contributed by atoms with van der Waals surface area (Å²) in [7, 11) is 1.27. The molecule has 0 atom stereocenters. The first-order valence-electron chi connectivity index (χ1n) is 10.9. The van der Waals surface area contributed by atoms with Crippen molar-refractivity contribution in [1.29, 1.82) is 0 Å². The van der Waals surface area contributed by atoms with Gasteiger partial charge < -0.3 is 14.6 Å². The van der Waals surface area contributed by atoms with Crippen LogP contribution in [0.3, 0.4) is 0 Å². The van der Waals surface area contributed by atoms with Gasteiger partial charge in [0, 0.05) is 52.1 Å². The SMILES string of the molecule is Cc1cc(Oc2ncccn2)ccc1NC(=O)CCc1nc2cc(S(=O)(=O)N(C)C)ccc2n1C. The number of rotatable bonds is 8. The molecule has 182 valence electrons. The molecule has 2 aromatic carbocycles. The highest BCUT2D eigenvalue weighted by atomic mass is 32.2. The maximum atomic E-state index is 12.6. The second kappa shape index (κ2) is 9.80. The van der Waals surface area contributed by atoms with E-state index in [1.165, 1.54) is 18.4 Å². The largest absolute Gasteiger partial charge is 0.424 e. The number of ether oxygens (including phenoxy) is 1. The quantitative estimate of drug-likeness (QED) is 0.399. The Morgan fingerprint density at radius 2 is 1.86 bits per heavy atom. The Morgan fingerprint density at radius 3 is 2.54 bits per heavy atom. The number of aromatic nitrogens is 4. The van der Waals surface area contributed by atoms with Crippen LogP contribution in [-0.4, -0.2) is 52.2 Å². The Morgan fingerprint density at radius 1 is 1.11 bits per heavy atom. The maximum absolute atomic E-state index is 12.6. The van der Waals surface area contributed by atoms with E-state index in [2.05, 4.69) is 20.3 Å². The van der Waals surface area contributed by atoms with Gasteiger partial charge in [-0.05, 0) is 55.0 Å².